The van der Waals surface area contributed by atoms with Crippen molar-refractivity contribution in [3.8, 4) is 5.75 Å². The Morgan fingerprint density at radius 3 is 2.37 bits per heavy atom. The third-order valence-electron chi connectivity index (χ3n) is 2.90. The molecule has 1 aromatic rings. The molecule has 0 unspecified atom stereocenters. The van der Waals surface area contributed by atoms with Gasteiger partial charge in [0.05, 0.1) is 23.0 Å². The third-order valence-corrected chi connectivity index (χ3v) is 5.09. The van der Waals surface area contributed by atoms with Gasteiger partial charge in [0.25, 0.3) is 0 Å². The van der Waals surface area contributed by atoms with Crippen LogP contribution in [0.3, 0.4) is 0 Å². The average molecular weight is 514 g/mol. The Morgan fingerprint density at radius 1 is 1.26 bits per heavy atom. The summed E-state index contributed by atoms with van der Waals surface area (Å²) in [5, 5.41) is 0. The number of esters is 1. The van der Waals surface area contributed by atoms with Crippen molar-refractivity contribution in [2.45, 2.75) is 33.3 Å². The predicted molar refractivity (Wildman–Crippen MR) is 108 cm³/mol. The van der Waals surface area contributed by atoms with Crippen molar-refractivity contribution in [1.82, 2.24) is 4.72 Å². The monoisotopic (exact) mass is 514 g/mol. The van der Waals surface area contributed by atoms with Crippen molar-refractivity contribution >= 4 is 50.6 Å². The molecule has 0 atom stereocenters. The summed E-state index contributed by atoms with van der Waals surface area (Å²) in [5.74, 6) is -0.231. The largest absolute Gasteiger partial charge is 0.496 e. The summed E-state index contributed by atoms with van der Waals surface area (Å²) in [6.45, 7) is 5.87. The van der Waals surface area contributed by atoms with Gasteiger partial charge in [0.15, 0.2) is 0 Å². The minimum atomic E-state index is -4.43. The van der Waals surface area contributed by atoms with Crippen LogP contribution >= 0.6 is 22.6 Å². The second-order valence-electron chi connectivity index (χ2n) is 6.24. The van der Waals surface area contributed by atoms with E-state index >= 15 is 0 Å². The van der Waals surface area contributed by atoms with Gasteiger partial charge in [0.2, 0.25) is 0 Å². The summed E-state index contributed by atoms with van der Waals surface area (Å²) in [6.07, 6.45) is -1.15. The number of hydrogen-bond acceptors (Lipinski definition) is 7. The zero-order valence-corrected chi connectivity index (χ0v) is 18.7. The van der Waals surface area contributed by atoms with E-state index in [4.69, 9.17) is 14.2 Å². The van der Waals surface area contributed by atoms with Crippen LogP contribution in [0.15, 0.2) is 18.2 Å². The second kappa shape index (κ2) is 9.44. The van der Waals surface area contributed by atoms with Crippen LogP contribution < -0.4 is 13.8 Å². The van der Waals surface area contributed by atoms with E-state index < -0.39 is 34.4 Å². The number of nitrogens with one attached hydrogen (secondary N) is 1. The first kappa shape index (κ1) is 23.3. The lowest BCUT2D eigenvalue weighted by Gasteiger charge is -2.25. The third kappa shape index (κ3) is 7.40. The van der Waals surface area contributed by atoms with Gasteiger partial charge in [-0.2, -0.15) is 8.42 Å². The molecule has 9 nitrogen and oxygen atoms in total. The molecule has 0 aliphatic carbocycles. The van der Waals surface area contributed by atoms with Gasteiger partial charge in [-0.25, -0.2) is 13.8 Å². The number of hydrogen-bond donors (Lipinski definition) is 1. The number of rotatable bonds is 7. The number of carbonyl (C=O) groups is 2. The lowest BCUT2D eigenvalue weighted by atomic mass is 10.2. The molecule has 1 rings (SSSR count). The molecule has 11 heteroatoms. The molecule has 0 bridgehead atoms. The maximum Gasteiger partial charge on any atom is 0.422 e. The van der Waals surface area contributed by atoms with Crippen LogP contribution in [0.1, 0.15) is 27.7 Å². The molecule has 27 heavy (non-hydrogen) atoms. The highest BCUT2D eigenvalue weighted by Crippen LogP contribution is 2.27. The van der Waals surface area contributed by atoms with Gasteiger partial charge in [0, 0.05) is 0 Å². The summed E-state index contributed by atoms with van der Waals surface area (Å²) < 4.78 is 43.5. The van der Waals surface area contributed by atoms with E-state index in [-0.39, 0.29) is 12.3 Å². The number of anilines is 1. The Kier molecular flexibility index (Phi) is 8.14. The van der Waals surface area contributed by atoms with Gasteiger partial charge in [-0.15, -0.1) is 0 Å². The zero-order valence-electron chi connectivity index (χ0n) is 15.7. The summed E-state index contributed by atoms with van der Waals surface area (Å²) in [4.78, 5) is 23.8. The van der Waals surface area contributed by atoms with E-state index in [2.05, 4.69) is 0 Å². The number of methoxy groups -OCH3 is 1. The van der Waals surface area contributed by atoms with Gasteiger partial charge in [0.1, 0.15) is 17.9 Å². The Morgan fingerprint density at radius 2 is 1.89 bits per heavy atom. The SMILES string of the molecule is CCOC(=O)CN(c1ccc(OC)c(I)c1)S(=O)(=O)NC(=O)OC(C)(C)C. The van der Waals surface area contributed by atoms with Crippen molar-refractivity contribution in [3.05, 3.63) is 21.8 Å². The van der Waals surface area contributed by atoms with Gasteiger partial charge < -0.3 is 14.2 Å². The van der Waals surface area contributed by atoms with E-state index in [1.165, 1.54) is 19.2 Å². The molecule has 1 amide bonds. The number of ether oxygens (including phenoxy) is 3. The van der Waals surface area contributed by atoms with E-state index in [1.54, 1.807) is 38.5 Å². The Labute approximate surface area is 172 Å². The summed E-state index contributed by atoms with van der Waals surface area (Å²) in [5.41, 5.74) is -0.731. The van der Waals surface area contributed by atoms with E-state index in [1.807, 2.05) is 22.6 Å². The van der Waals surface area contributed by atoms with E-state index in [0.29, 0.717) is 9.32 Å². The molecule has 0 saturated carbocycles. The molecular formula is C16H23IN2O7S. The number of carbonyl (C=O) groups excluding carboxylic acids is 2. The van der Waals surface area contributed by atoms with Crippen molar-refractivity contribution in [2.24, 2.45) is 0 Å². The molecule has 0 spiro atoms. The van der Waals surface area contributed by atoms with Crippen molar-refractivity contribution in [1.29, 1.82) is 0 Å². The molecule has 1 N–H and O–H groups in total. The molecule has 0 fully saturated rings. The fourth-order valence-corrected chi connectivity index (χ4v) is 3.66. The normalized spacial score (nSPS) is 11.5. The Hall–Kier alpha value is -1.76. The van der Waals surface area contributed by atoms with Gasteiger partial charge >= 0.3 is 22.3 Å². The summed E-state index contributed by atoms with van der Waals surface area (Å²) in [6, 6.07) is 4.51. The molecule has 0 aliphatic rings. The molecule has 0 saturated heterocycles. The molecule has 0 aromatic heterocycles. The van der Waals surface area contributed by atoms with Crippen LogP contribution in [-0.4, -0.2) is 46.3 Å². The van der Waals surface area contributed by atoms with Gasteiger partial charge in [-0.3, -0.25) is 4.79 Å². The standard InChI is InChI=1S/C16H23IN2O7S/c1-6-25-14(20)10-19(11-7-8-13(24-5)12(17)9-11)27(22,23)18-15(21)26-16(2,3)4/h7-9H,6,10H2,1-5H3,(H,18,21). The first-order chi connectivity index (χ1) is 12.4. The summed E-state index contributed by atoms with van der Waals surface area (Å²) in [7, 11) is -2.95. The van der Waals surface area contributed by atoms with Crippen LogP contribution in [-0.2, 0) is 24.5 Å². The first-order valence-electron chi connectivity index (χ1n) is 7.92. The predicted octanol–water partition coefficient (Wildman–Crippen LogP) is 2.44. The number of amides is 1. The first-order valence-corrected chi connectivity index (χ1v) is 10.4. The van der Waals surface area contributed by atoms with Crippen LogP contribution in [0, 0.1) is 3.57 Å². The smallest absolute Gasteiger partial charge is 0.422 e. The Bertz CT molecular complexity index is 790. The van der Waals surface area contributed by atoms with Crippen molar-refractivity contribution in [3.63, 3.8) is 0 Å². The molecule has 0 heterocycles. The zero-order chi connectivity index (χ0) is 20.8. The maximum absolute atomic E-state index is 12.7. The topological polar surface area (TPSA) is 111 Å². The average Bonchev–Trinajstić information content (AvgIpc) is 2.50. The molecule has 152 valence electrons. The lowest BCUT2D eigenvalue weighted by Crippen LogP contribution is -2.47. The number of halogens is 1. The van der Waals surface area contributed by atoms with E-state index in [9.17, 15) is 18.0 Å². The molecule has 0 aliphatic heterocycles. The molecular weight excluding hydrogens is 491 g/mol. The van der Waals surface area contributed by atoms with E-state index in [0.717, 1.165) is 4.31 Å². The highest BCUT2D eigenvalue weighted by Gasteiger charge is 2.30. The Balaban J connectivity index is 3.22. The molecule has 0 radical (unpaired) electrons. The fourth-order valence-electron chi connectivity index (χ4n) is 1.91. The van der Waals surface area contributed by atoms with Crippen LogP contribution in [0.2, 0.25) is 0 Å². The maximum atomic E-state index is 12.7. The fraction of sp³-hybridized carbons (Fsp3) is 0.500. The molecule has 1 aromatic carbocycles. The van der Waals surface area contributed by atoms with Crippen LogP contribution in [0.4, 0.5) is 10.5 Å². The minimum absolute atomic E-state index is 0.0896. The van der Waals surface area contributed by atoms with Gasteiger partial charge in [-0.05, 0) is 68.5 Å². The number of benzene rings is 1. The van der Waals surface area contributed by atoms with Crippen LogP contribution in [0.5, 0.6) is 5.75 Å². The lowest BCUT2D eigenvalue weighted by molar-refractivity contribution is -0.141. The van der Waals surface area contributed by atoms with Crippen molar-refractivity contribution in [2.75, 3.05) is 24.6 Å². The number of nitrogens with zero attached hydrogens (tertiary/aromatic N) is 1. The van der Waals surface area contributed by atoms with Gasteiger partial charge in [-0.1, -0.05) is 0 Å². The van der Waals surface area contributed by atoms with Crippen molar-refractivity contribution < 1.29 is 32.2 Å². The second-order valence-corrected chi connectivity index (χ2v) is 9.00. The highest BCUT2D eigenvalue weighted by atomic mass is 127. The van der Waals surface area contributed by atoms with Crippen LogP contribution in [0.25, 0.3) is 0 Å². The minimum Gasteiger partial charge on any atom is -0.496 e. The highest BCUT2D eigenvalue weighted by molar-refractivity contribution is 14.1. The quantitative estimate of drug-likeness (QED) is 0.440. The summed E-state index contributed by atoms with van der Waals surface area (Å²) >= 11 is 1.97.